The van der Waals surface area contributed by atoms with Crippen LogP contribution >= 0.6 is 23.1 Å². The molecule has 0 saturated carbocycles. The first-order valence-corrected chi connectivity index (χ1v) is 13.8. The van der Waals surface area contributed by atoms with Crippen LogP contribution < -0.4 is 10.1 Å². The quantitative estimate of drug-likeness (QED) is 0.247. The normalized spacial score (nSPS) is 15.5. The summed E-state index contributed by atoms with van der Waals surface area (Å²) in [6.07, 6.45) is 4.95. The molecule has 1 N–H and O–H groups in total. The topological polar surface area (TPSA) is 92.8 Å². The summed E-state index contributed by atoms with van der Waals surface area (Å²) in [6, 6.07) is 5.36. The number of thioether (sulfide) groups is 1. The number of nitrogens with one attached hydrogen (secondary N) is 1. The van der Waals surface area contributed by atoms with Crippen LogP contribution in [-0.4, -0.2) is 26.4 Å². The minimum atomic E-state index is -0.815. The van der Waals surface area contributed by atoms with Gasteiger partial charge in [-0.05, 0) is 49.8 Å². The van der Waals surface area contributed by atoms with E-state index in [-0.39, 0.29) is 17.4 Å². The lowest BCUT2D eigenvalue weighted by atomic mass is 9.86. The summed E-state index contributed by atoms with van der Waals surface area (Å²) in [5.74, 6) is -0.776. The molecule has 4 rings (SSSR count). The fourth-order valence-corrected chi connectivity index (χ4v) is 6.41. The van der Waals surface area contributed by atoms with E-state index < -0.39 is 17.7 Å². The minimum absolute atomic E-state index is 0.0577. The second-order valence-electron chi connectivity index (χ2n) is 8.75. The zero-order valence-corrected chi connectivity index (χ0v) is 22.2. The van der Waals surface area contributed by atoms with E-state index in [1.165, 1.54) is 34.0 Å². The van der Waals surface area contributed by atoms with Gasteiger partial charge in [-0.1, -0.05) is 31.2 Å². The predicted molar refractivity (Wildman–Crippen MR) is 140 cm³/mol. The number of nitrogens with zero attached hydrogens (tertiary/aromatic N) is 4. The molecule has 0 spiro atoms. The SMILES string of the molecule is C=CCn1c(SCC(=O)Nc2sc3c(c2C#N)CCC(CC)C3)nnc1C(C)Oc1ccc(F)cc1F. The van der Waals surface area contributed by atoms with Crippen LogP contribution in [0, 0.1) is 28.9 Å². The number of hydrogen-bond acceptors (Lipinski definition) is 7. The number of hydrogen-bond donors (Lipinski definition) is 1. The number of carbonyl (C=O) groups excluding carboxylic acids is 1. The maximum atomic E-state index is 14.0. The number of carbonyl (C=O) groups is 1. The van der Waals surface area contributed by atoms with Crippen LogP contribution in [0.15, 0.2) is 36.0 Å². The van der Waals surface area contributed by atoms with Gasteiger partial charge in [0.05, 0.1) is 11.3 Å². The molecule has 7 nitrogen and oxygen atoms in total. The number of rotatable bonds is 10. The molecule has 0 radical (unpaired) electrons. The summed E-state index contributed by atoms with van der Waals surface area (Å²) in [4.78, 5) is 14.0. The Morgan fingerprint density at radius 2 is 2.27 bits per heavy atom. The maximum Gasteiger partial charge on any atom is 0.235 e. The highest BCUT2D eigenvalue weighted by molar-refractivity contribution is 7.99. The van der Waals surface area contributed by atoms with Crippen molar-refractivity contribution in [3.8, 4) is 11.8 Å². The average molecular weight is 544 g/mol. The van der Waals surface area contributed by atoms with Crippen LogP contribution in [-0.2, 0) is 24.2 Å². The van der Waals surface area contributed by atoms with Gasteiger partial charge >= 0.3 is 0 Å². The van der Waals surface area contributed by atoms with Crippen LogP contribution in [0.3, 0.4) is 0 Å². The standard InChI is InChI=1S/C26H27F2N5O2S2/c1-4-10-33-24(15(3)35-21-9-7-17(27)12-20(21)28)31-32-26(33)36-14-23(34)30-25-19(13-29)18-8-6-16(5-2)11-22(18)37-25/h4,7,9,12,15-16H,1,5-6,8,10-11,14H2,2-3H3,(H,30,34). The molecular weight excluding hydrogens is 516 g/mol. The number of nitriles is 1. The van der Waals surface area contributed by atoms with Gasteiger partial charge in [-0.15, -0.1) is 28.1 Å². The first-order chi connectivity index (χ1) is 17.8. The number of benzene rings is 1. The maximum absolute atomic E-state index is 14.0. The van der Waals surface area contributed by atoms with E-state index in [9.17, 15) is 18.8 Å². The molecule has 1 aromatic carbocycles. The second kappa shape index (κ2) is 11.9. The van der Waals surface area contributed by atoms with Crippen molar-refractivity contribution >= 4 is 34.0 Å². The molecule has 1 aliphatic carbocycles. The Morgan fingerprint density at radius 1 is 1.46 bits per heavy atom. The number of fused-ring (bicyclic) bond motifs is 1. The smallest absolute Gasteiger partial charge is 0.235 e. The van der Waals surface area contributed by atoms with Gasteiger partial charge in [-0.25, -0.2) is 8.78 Å². The molecule has 37 heavy (non-hydrogen) atoms. The number of halogens is 2. The van der Waals surface area contributed by atoms with Gasteiger partial charge in [0.15, 0.2) is 28.7 Å². The van der Waals surface area contributed by atoms with Crippen LogP contribution in [0.1, 0.15) is 54.6 Å². The monoisotopic (exact) mass is 543 g/mol. The van der Waals surface area contributed by atoms with Gasteiger partial charge in [-0.3, -0.25) is 9.36 Å². The van der Waals surface area contributed by atoms with Gasteiger partial charge in [0.2, 0.25) is 5.91 Å². The molecule has 2 heterocycles. The number of ether oxygens (including phenoxy) is 1. The highest BCUT2D eigenvalue weighted by Crippen LogP contribution is 2.40. The lowest BCUT2D eigenvalue weighted by molar-refractivity contribution is -0.113. The van der Waals surface area contributed by atoms with Crippen molar-refractivity contribution in [1.29, 1.82) is 5.26 Å². The van der Waals surface area contributed by atoms with E-state index >= 15 is 0 Å². The van der Waals surface area contributed by atoms with E-state index in [0.717, 1.165) is 43.4 Å². The van der Waals surface area contributed by atoms with Crippen molar-refractivity contribution in [2.45, 2.75) is 57.3 Å². The first kappa shape index (κ1) is 26.8. The van der Waals surface area contributed by atoms with Crippen LogP contribution in [0.4, 0.5) is 13.8 Å². The van der Waals surface area contributed by atoms with Gasteiger partial charge in [0, 0.05) is 17.5 Å². The Hall–Kier alpha value is -3.23. The molecule has 2 aromatic heterocycles. The summed E-state index contributed by atoms with van der Waals surface area (Å²) in [6.45, 7) is 7.97. The average Bonchev–Trinajstić information content (AvgIpc) is 3.44. The molecular formula is C26H27F2N5O2S2. The number of allylic oxidation sites excluding steroid dienone is 1. The zero-order valence-electron chi connectivity index (χ0n) is 20.6. The predicted octanol–water partition coefficient (Wildman–Crippen LogP) is 6.06. The molecule has 0 saturated heterocycles. The van der Waals surface area contributed by atoms with Gasteiger partial charge in [0.1, 0.15) is 16.9 Å². The second-order valence-corrected chi connectivity index (χ2v) is 10.8. The zero-order chi connectivity index (χ0) is 26.5. The Kier molecular flexibility index (Phi) is 8.61. The first-order valence-electron chi connectivity index (χ1n) is 12.0. The molecule has 2 atom stereocenters. The lowest BCUT2D eigenvalue weighted by Gasteiger charge is -2.20. The fraction of sp³-hybridized carbons (Fsp3) is 0.385. The fourth-order valence-electron chi connectivity index (χ4n) is 4.32. The summed E-state index contributed by atoms with van der Waals surface area (Å²) in [5, 5.41) is 22.0. The number of amides is 1. The third-order valence-corrected chi connectivity index (χ3v) is 8.40. The molecule has 0 fully saturated rings. The Morgan fingerprint density at radius 3 is 2.97 bits per heavy atom. The van der Waals surface area contributed by atoms with Crippen molar-refractivity contribution in [1.82, 2.24) is 14.8 Å². The van der Waals surface area contributed by atoms with E-state index in [4.69, 9.17) is 4.74 Å². The van der Waals surface area contributed by atoms with Crippen LogP contribution in [0.5, 0.6) is 5.75 Å². The highest BCUT2D eigenvalue weighted by Gasteiger charge is 2.26. The van der Waals surface area contributed by atoms with E-state index in [2.05, 4.69) is 35.1 Å². The lowest BCUT2D eigenvalue weighted by Crippen LogP contribution is -2.16. The molecule has 2 unspecified atom stereocenters. The Labute approximate surface area is 222 Å². The molecule has 0 bridgehead atoms. The van der Waals surface area contributed by atoms with E-state index in [0.29, 0.717) is 34.0 Å². The summed E-state index contributed by atoms with van der Waals surface area (Å²) < 4.78 is 34.6. The van der Waals surface area contributed by atoms with E-state index in [1.54, 1.807) is 17.6 Å². The summed E-state index contributed by atoms with van der Waals surface area (Å²) >= 11 is 2.69. The van der Waals surface area contributed by atoms with Crippen molar-refractivity contribution < 1.29 is 18.3 Å². The molecule has 1 aliphatic rings. The van der Waals surface area contributed by atoms with Crippen molar-refractivity contribution in [3.05, 3.63) is 64.3 Å². The summed E-state index contributed by atoms with van der Waals surface area (Å²) in [5.41, 5.74) is 1.64. The molecule has 11 heteroatoms. The third kappa shape index (κ3) is 6.02. The number of anilines is 1. The number of aromatic nitrogens is 3. The summed E-state index contributed by atoms with van der Waals surface area (Å²) in [7, 11) is 0. The molecule has 194 valence electrons. The van der Waals surface area contributed by atoms with Crippen molar-refractivity contribution in [3.63, 3.8) is 0 Å². The van der Waals surface area contributed by atoms with Gasteiger partial charge < -0.3 is 10.1 Å². The van der Waals surface area contributed by atoms with E-state index in [1.807, 2.05) is 0 Å². The largest absolute Gasteiger partial charge is 0.480 e. The van der Waals surface area contributed by atoms with Crippen molar-refractivity contribution in [2.24, 2.45) is 5.92 Å². The Balaban J connectivity index is 1.44. The third-order valence-electron chi connectivity index (χ3n) is 6.26. The minimum Gasteiger partial charge on any atom is -0.480 e. The number of thiophene rings is 1. The van der Waals surface area contributed by atoms with Gasteiger partial charge in [-0.2, -0.15) is 5.26 Å². The van der Waals surface area contributed by atoms with Crippen molar-refractivity contribution in [2.75, 3.05) is 11.1 Å². The van der Waals surface area contributed by atoms with Gasteiger partial charge in [0.25, 0.3) is 0 Å². The van der Waals surface area contributed by atoms with Crippen LogP contribution in [0.25, 0.3) is 0 Å². The van der Waals surface area contributed by atoms with Crippen LogP contribution in [0.2, 0.25) is 0 Å². The molecule has 0 aliphatic heterocycles. The molecule has 1 amide bonds. The Bertz CT molecular complexity index is 1350. The molecule has 3 aromatic rings. The highest BCUT2D eigenvalue weighted by atomic mass is 32.2.